The molecule has 0 aromatic heterocycles. The molecule has 142 valence electrons. The van der Waals surface area contributed by atoms with E-state index >= 15 is 0 Å². The molecule has 4 nitrogen and oxygen atoms in total. The van der Waals surface area contributed by atoms with E-state index in [9.17, 15) is 4.79 Å². The number of carbonyl (C=O) groups excluding carboxylic acids is 1. The van der Waals surface area contributed by atoms with Crippen LogP contribution in [0.3, 0.4) is 0 Å². The Morgan fingerprint density at radius 3 is 2.44 bits per heavy atom. The number of benzene rings is 2. The second-order valence-corrected chi connectivity index (χ2v) is 6.95. The number of nitrogens with zero attached hydrogens (tertiary/aromatic N) is 1. The van der Waals surface area contributed by atoms with Crippen molar-refractivity contribution in [2.75, 3.05) is 20.8 Å². The zero-order chi connectivity index (χ0) is 19.1. The summed E-state index contributed by atoms with van der Waals surface area (Å²) in [7, 11) is 3.22. The highest BCUT2D eigenvalue weighted by Gasteiger charge is 2.22. The summed E-state index contributed by atoms with van der Waals surface area (Å²) in [6.07, 6.45) is 7.21. The fraction of sp³-hybridized carbons (Fsp3) is 0.348. The minimum atomic E-state index is 0.0422. The minimum absolute atomic E-state index is 0.0422. The molecule has 1 saturated carbocycles. The van der Waals surface area contributed by atoms with E-state index in [2.05, 4.69) is 12.1 Å². The number of hydrogen-bond donors (Lipinski definition) is 0. The van der Waals surface area contributed by atoms with Crippen molar-refractivity contribution in [2.45, 2.75) is 25.8 Å². The van der Waals surface area contributed by atoms with Crippen LogP contribution in [0.25, 0.3) is 6.08 Å². The Labute approximate surface area is 161 Å². The van der Waals surface area contributed by atoms with Crippen molar-refractivity contribution in [1.82, 2.24) is 4.90 Å². The maximum absolute atomic E-state index is 12.9. The normalized spacial score (nSPS) is 14.0. The summed E-state index contributed by atoms with van der Waals surface area (Å²) >= 11 is 0. The number of amides is 1. The molecule has 1 aliphatic carbocycles. The Bertz CT molecular complexity index is 781. The first-order valence-corrected chi connectivity index (χ1v) is 9.42. The predicted molar refractivity (Wildman–Crippen MR) is 108 cm³/mol. The molecule has 0 radical (unpaired) electrons. The van der Waals surface area contributed by atoms with Gasteiger partial charge >= 0.3 is 0 Å². The summed E-state index contributed by atoms with van der Waals surface area (Å²) in [5, 5.41) is 0. The van der Waals surface area contributed by atoms with Crippen molar-refractivity contribution < 1.29 is 14.3 Å². The van der Waals surface area contributed by atoms with Crippen LogP contribution < -0.4 is 9.47 Å². The van der Waals surface area contributed by atoms with Gasteiger partial charge in [-0.3, -0.25) is 4.79 Å². The van der Waals surface area contributed by atoms with Crippen LogP contribution in [0.4, 0.5) is 0 Å². The molecule has 0 N–H and O–H groups in total. The summed E-state index contributed by atoms with van der Waals surface area (Å²) in [4.78, 5) is 14.8. The average molecular weight is 365 g/mol. The van der Waals surface area contributed by atoms with Gasteiger partial charge in [0.2, 0.25) is 5.91 Å². The molecule has 1 amide bonds. The molecule has 3 rings (SSSR count). The molecule has 1 aliphatic rings. The predicted octanol–water partition coefficient (Wildman–Crippen LogP) is 4.55. The first-order chi connectivity index (χ1) is 13.2. The van der Waals surface area contributed by atoms with E-state index in [0.29, 0.717) is 24.0 Å². The molecule has 0 atom stereocenters. The standard InChI is InChI=1S/C23H27NO3/c1-26-21-13-11-18(15-22(21)27-2)12-14-23(25)24(17-20-9-6-10-20)16-19-7-4-3-5-8-19/h3-5,7-8,11-15,20H,6,9-10,16-17H2,1-2H3/b14-12+. The topological polar surface area (TPSA) is 38.8 Å². The van der Waals surface area contributed by atoms with Gasteiger partial charge in [0.15, 0.2) is 11.5 Å². The summed E-state index contributed by atoms with van der Waals surface area (Å²) in [5.74, 6) is 2.01. The molecule has 0 saturated heterocycles. The number of rotatable bonds is 8. The van der Waals surface area contributed by atoms with Crippen LogP contribution in [0.15, 0.2) is 54.6 Å². The number of carbonyl (C=O) groups is 1. The third kappa shape index (κ3) is 5.13. The van der Waals surface area contributed by atoms with E-state index in [1.807, 2.05) is 47.4 Å². The van der Waals surface area contributed by atoms with Crippen molar-refractivity contribution in [3.8, 4) is 11.5 Å². The molecule has 4 heteroatoms. The zero-order valence-corrected chi connectivity index (χ0v) is 16.1. The zero-order valence-electron chi connectivity index (χ0n) is 16.1. The molecule has 0 aliphatic heterocycles. The molecule has 27 heavy (non-hydrogen) atoms. The van der Waals surface area contributed by atoms with Crippen LogP contribution in [-0.2, 0) is 11.3 Å². The third-order valence-electron chi connectivity index (χ3n) is 5.06. The van der Waals surface area contributed by atoms with Crippen LogP contribution in [-0.4, -0.2) is 31.6 Å². The van der Waals surface area contributed by atoms with Crippen LogP contribution in [0.5, 0.6) is 11.5 Å². The monoisotopic (exact) mass is 365 g/mol. The van der Waals surface area contributed by atoms with Crippen molar-refractivity contribution in [1.29, 1.82) is 0 Å². The first kappa shape index (κ1) is 19.0. The van der Waals surface area contributed by atoms with Crippen molar-refractivity contribution in [3.05, 3.63) is 65.7 Å². The fourth-order valence-corrected chi connectivity index (χ4v) is 3.25. The van der Waals surface area contributed by atoms with E-state index in [1.165, 1.54) is 19.3 Å². The van der Waals surface area contributed by atoms with Gasteiger partial charge in [-0.25, -0.2) is 0 Å². The SMILES string of the molecule is COc1ccc(/C=C/C(=O)N(Cc2ccccc2)CC2CCC2)cc1OC. The highest BCUT2D eigenvalue weighted by atomic mass is 16.5. The largest absolute Gasteiger partial charge is 0.493 e. The Morgan fingerprint density at radius 1 is 1.07 bits per heavy atom. The Balaban J connectivity index is 1.71. The van der Waals surface area contributed by atoms with E-state index in [-0.39, 0.29) is 5.91 Å². The highest BCUT2D eigenvalue weighted by Crippen LogP contribution is 2.29. The van der Waals surface area contributed by atoms with Crippen molar-refractivity contribution in [3.63, 3.8) is 0 Å². The average Bonchev–Trinajstić information content (AvgIpc) is 2.68. The molecule has 0 bridgehead atoms. The van der Waals surface area contributed by atoms with Gasteiger partial charge in [0, 0.05) is 19.2 Å². The van der Waals surface area contributed by atoms with Gasteiger partial charge in [-0.1, -0.05) is 42.8 Å². The molecular weight excluding hydrogens is 338 g/mol. The van der Waals surface area contributed by atoms with Crippen LogP contribution in [0.2, 0.25) is 0 Å². The highest BCUT2D eigenvalue weighted by molar-refractivity contribution is 5.91. The smallest absolute Gasteiger partial charge is 0.246 e. The Kier molecular flexibility index (Phi) is 6.53. The van der Waals surface area contributed by atoms with E-state index in [4.69, 9.17) is 9.47 Å². The van der Waals surface area contributed by atoms with Crippen LogP contribution in [0, 0.1) is 5.92 Å². The number of hydrogen-bond acceptors (Lipinski definition) is 3. The minimum Gasteiger partial charge on any atom is -0.493 e. The van der Waals surface area contributed by atoms with E-state index in [0.717, 1.165) is 17.7 Å². The van der Waals surface area contributed by atoms with Crippen molar-refractivity contribution in [2.24, 2.45) is 5.92 Å². The van der Waals surface area contributed by atoms with Crippen molar-refractivity contribution >= 4 is 12.0 Å². The van der Waals surface area contributed by atoms with E-state index in [1.54, 1.807) is 20.3 Å². The summed E-state index contributed by atoms with van der Waals surface area (Å²) in [6, 6.07) is 15.8. The summed E-state index contributed by atoms with van der Waals surface area (Å²) < 4.78 is 10.6. The third-order valence-corrected chi connectivity index (χ3v) is 5.06. The molecule has 0 unspecified atom stereocenters. The lowest BCUT2D eigenvalue weighted by Crippen LogP contribution is -2.36. The second kappa shape index (κ2) is 9.26. The van der Waals surface area contributed by atoms with Gasteiger partial charge in [-0.2, -0.15) is 0 Å². The second-order valence-electron chi connectivity index (χ2n) is 6.95. The van der Waals surface area contributed by atoms with Gasteiger partial charge in [0.25, 0.3) is 0 Å². The van der Waals surface area contributed by atoms with Crippen LogP contribution in [0.1, 0.15) is 30.4 Å². The van der Waals surface area contributed by atoms with E-state index < -0.39 is 0 Å². The summed E-state index contributed by atoms with van der Waals surface area (Å²) in [5.41, 5.74) is 2.06. The van der Waals surface area contributed by atoms with Gasteiger partial charge in [-0.15, -0.1) is 0 Å². The molecule has 2 aromatic rings. The molecule has 0 spiro atoms. The maximum Gasteiger partial charge on any atom is 0.246 e. The number of methoxy groups -OCH3 is 2. The van der Waals surface area contributed by atoms with Gasteiger partial charge in [0.05, 0.1) is 14.2 Å². The molecule has 1 fully saturated rings. The molecular formula is C23H27NO3. The van der Waals surface area contributed by atoms with Gasteiger partial charge in [0.1, 0.15) is 0 Å². The van der Waals surface area contributed by atoms with Gasteiger partial charge in [-0.05, 0) is 48.1 Å². The Morgan fingerprint density at radius 2 is 1.81 bits per heavy atom. The lowest BCUT2D eigenvalue weighted by molar-refractivity contribution is -0.127. The molecule has 0 heterocycles. The lowest BCUT2D eigenvalue weighted by Gasteiger charge is -2.32. The maximum atomic E-state index is 12.9. The quantitative estimate of drug-likeness (QED) is 0.645. The number of ether oxygens (including phenoxy) is 2. The summed E-state index contributed by atoms with van der Waals surface area (Å²) in [6.45, 7) is 1.47. The Hall–Kier alpha value is -2.75. The van der Waals surface area contributed by atoms with Crippen LogP contribution >= 0.6 is 0 Å². The lowest BCUT2D eigenvalue weighted by atomic mass is 9.85. The van der Waals surface area contributed by atoms with Gasteiger partial charge < -0.3 is 14.4 Å². The molecule has 2 aromatic carbocycles. The fourth-order valence-electron chi connectivity index (χ4n) is 3.25. The first-order valence-electron chi connectivity index (χ1n) is 9.42.